The first-order valence-corrected chi connectivity index (χ1v) is 12.0. The molecule has 0 aliphatic carbocycles. The Morgan fingerprint density at radius 2 is 1.79 bits per heavy atom. The van der Waals surface area contributed by atoms with E-state index in [0.717, 1.165) is 25.7 Å². The van der Waals surface area contributed by atoms with Crippen molar-refractivity contribution in [3.63, 3.8) is 0 Å². The standard InChI is InChI=1S/C22H31N3O3S/c1-4-6-8-20(26)24-13-7-14-25(16-15-24)22-17(3)21(29(27,28)23-22)19-11-9-18(5-2)10-12-19/h9-12H,4-8,13-16H2,1-3H3. The maximum atomic E-state index is 12.8. The summed E-state index contributed by atoms with van der Waals surface area (Å²) in [5, 5.41) is 0. The number of aryl methyl sites for hydroxylation is 1. The van der Waals surface area contributed by atoms with Gasteiger partial charge in [-0.1, -0.05) is 44.5 Å². The maximum Gasteiger partial charge on any atom is 0.285 e. The molecule has 0 N–H and O–H groups in total. The Hall–Kier alpha value is -2.15. The summed E-state index contributed by atoms with van der Waals surface area (Å²) in [6, 6.07) is 7.66. The molecular weight excluding hydrogens is 386 g/mol. The molecular formula is C22H31N3O3S. The van der Waals surface area contributed by atoms with Crippen molar-refractivity contribution in [2.75, 3.05) is 26.2 Å². The fraction of sp³-hybridized carbons (Fsp3) is 0.545. The average molecular weight is 418 g/mol. The van der Waals surface area contributed by atoms with E-state index in [1.807, 2.05) is 41.0 Å². The highest BCUT2D eigenvalue weighted by molar-refractivity contribution is 8.00. The van der Waals surface area contributed by atoms with Crippen molar-refractivity contribution in [1.29, 1.82) is 0 Å². The van der Waals surface area contributed by atoms with Crippen molar-refractivity contribution in [3.05, 3.63) is 41.0 Å². The van der Waals surface area contributed by atoms with Gasteiger partial charge in [-0.05, 0) is 37.3 Å². The number of amides is 1. The van der Waals surface area contributed by atoms with Crippen LogP contribution in [0.3, 0.4) is 0 Å². The normalized spacial score (nSPS) is 19.3. The van der Waals surface area contributed by atoms with Crippen LogP contribution >= 0.6 is 0 Å². The monoisotopic (exact) mass is 417 g/mol. The van der Waals surface area contributed by atoms with Crippen molar-refractivity contribution < 1.29 is 13.2 Å². The molecule has 0 bridgehead atoms. The minimum Gasteiger partial charge on any atom is -0.354 e. The van der Waals surface area contributed by atoms with Crippen LogP contribution in [0, 0.1) is 0 Å². The second kappa shape index (κ2) is 9.11. The van der Waals surface area contributed by atoms with E-state index in [1.54, 1.807) is 0 Å². The number of amidine groups is 1. The van der Waals surface area contributed by atoms with E-state index in [4.69, 9.17) is 0 Å². The largest absolute Gasteiger partial charge is 0.354 e. The van der Waals surface area contributed by atoms with Crippen LogP contribution in [-0.2, 0) is 21.2 Å². The Morgan fingerprint density at radius 1 is 1.07 bits per heavy atom. The molecule has 1 aromatic rings. The molecule has 2 aliphatic rings. The van der Waals surface area contributed by atoms with Crippen LogP contribution in [0.5, 0.6) is 0 Å². The topological polar surface area (TPSA) is 70.1 Å². The minimum absolute atomic E-state index is 0.193. The van der Waals surface area contributed by atoms with E-state index >= 15 is 0 Å². The zero-order valence-electron chi connectivity index (χ0n) is 17.6. The lowest BCUT2D eigenvalue weighted by Gasteiger charge is -2.23. The first kappa shape index (κ1) is 21.6. The highest BCUT2D eigenvalue weighted by Crippen LogP contribution is 2.34. The number of rotatable bonds is 5. The summed E-state index contributed by atoms with van der Waals surface area (Å²) in [6.07, 6.45) is 4.22. The fourth-order valence-corrected chi connectivity index (χ4v) is 5.42. The van der Waals surface area contributed by atoms with Gasteiger partial charge < -0.3 is 9.80 Å². The van der Waals surface area contributed by atoms with Crippen molar-refractivity contribution in [2.45, 2.75) is 52.9 Å². The fourth-order valence-electron chi connectivity index (χ4n) is 3.94. The second-order valence-corrected chi connectivity index (χ2v) is 9.26. The summed E-state index contributed by atoms with van der Waals surface area (Å²) in [6.45, 7) is 8.61. The molecule has 7 heteroatoms. The predicted molar refractivity (Wildman–Crippen MR) is 117 cm³/mol. The van der Waals surface area contributed by atoms with E-state index in [0.29, 0.717) is 54.5 Å². The van der Waals surface area contributed by atoms with Crippen molar-refractivity contribution in [1.82, 2.24) is 9.80 Å². The van der Waals surface area contributed by atoms with Crippen LogP contribution in [0.25, 0.3) is 4.91 Å². The molecule has 1 fully saturated rings. The molecule has 2 heterocycles. The number of benzene rings is 1. The highest BCUT2D eigenvalue weighted by atomic mass is 32.2. The molecule has 0 spiro atoms. The molecule has 2 aliphatic heterocycles. The Balaban J connectivity index is 1.80. The molecule has 0 unspecified atom stereocenters. The number of unbranched alkanes of at least 4 members (excludes halogenated alkanes) is 1. The first-order chi connectivity index (χ1) is 13.9. The van der Waals surface area contributed by atoms with Crippen LogP contribution in [0.4, 0.5) is 0 Å². The Kier molecular flexibility index (Phi) is 6.77. The lowest BCUT2D eigenvalue weighted by molar-refractivity contribution is -0.131. The Labute approximate surface area is 174 Å². The van der Waals surface area contributed by atoms with E-state index < -0.39 is 10.0 Å². The molecule has 0 aromatic heterocycles. The van der Waals surface area contributed by atoms with Crippen LogP contribution in [0.1, 0.15) is 57.6 Å². The summed E-state index contributed by atoms with van der Waals surface area (Å²) in [5.41, 5.74) is 2.55. The second-order valence-electron chi connectivity index (χ2n) is 7.72. The van der Waals surface area contributed by atoms with Gasteiger partial charge in [-0.25, -0.2) is 0 Å². The molecule has 0 saturated carbocycles. The summed E-state index contributed by atoms with van der Waals surface area (Å²) in [7, 11) is -3.72. The van der Waals surface area contributed by atoms with Crippen LogP contribution in [-0.4, -0.2) is 56.1 Å². The highest BCUT2D eigenvalue weighted by Gasteiger charge is 2.34. The zero-order chi connectivity index (χ0) is 21.0. The average Bonchev–Trinajstić information content (AvgIpc) is 2.86. The van der Waals surface area contributed by atoms with E-state index in [2.05, 4.69) is 18.2 Å². The third-order valence-corrected chi connectivity index (χ3v) is 7.13. The van der Waals surface area contributed by atoms with Gasteiger partial charge in [0, 0.05) is 38.2 Å². The van der Waals surface area contributed by atoms with Gasteiger partial charge >= 0.3 is 0 Å². The number of hydrogen-bond donors (Lipinski definition) is 0. The van der Waals surface area contributed by atoms with E-state index in [9.17, 15) is 13.2 Å². The summed E-state index contributed by atoms with van der Waals surface area (Å²) in [4.78, 5) is 16.6. The number of hydrogen-bond acceptors (Lipinski definition) is 4. The van der Waals surface area contributed by atoms with Gasteiger partial charge in [-0.15, -0.1) is 4.40 Å². The summed E-state index contributed by atoms with van der Waals surface area (Å²) in [5.74, 6) is 0.723. The number of carbonyl (C=O) groups is 1. The third-order valence-electron chi connectivity index (χ3n) is 5.66. The Bertz CT molecular complexity index is 917. The van der Waals surface area contributed by atoms with Crippen molar-refractivity contribution in [2.24, 2.45) is 4.40 Å². The lowest BCUT2D eigenvalue weighted by atomic mass is 10.1. The quantitative estimate of drug-likeness (QED) is 0.736. The van der Waals surface area contributed by atoms with Gasteiger partial charge in [0.25, 0.3) is 10.0 Å². The maximum absolute atomic E-state index is 12.8. The third kappa shape index (κ3) is 4.71. The van der Waals surface area contributed by atoms with Gasteiger partial charge in [-0.2, -0.15) is 8.42 Å². The summed E-state index contributed by atoms with van der Waals surface area (Å²) >= 11 is 0. The molecule has 0 atom stereocenters. The molecule has 1 aromatic carbocycles. The van der Waals surface area contributed by atoms with Crippen LogP contribution in [0.2, 0.25) is 0 Å². The Morgan fingerprint density at radius 3 is 2.45 bits per heavy atom. The van der Waals surface area contributed by atoms with Gasteiger partial charge in [0.05, 0.1) is 0 Å². The van der Waals surface area contributed by atoms with Gasteiger partial charge in [0.2, 0.25) is 5.91 Å². The minimum atomic E-state index is -3.72. The van der Waals surface area contributed by atoms with Gasteiger partial charge in [0.1, 0.15) is 10.7 Å². The lowest BCUT2D eigenvalue weighted by Crippen LogP contribution is -2.37. The molecule has 6 nitrogen and oxygen atoms in total. The SMILES string of the molecule is CCCCC(=O)N1CCCN(C2=NS(=O)(=O)C(c3ccc(CC)cc3)=C2C)CC1. The molecule has 0 radical (unpaired) electrons. The predicted octanol–water partition coefficient (Wildman–Crippen LogP) is 3.45. The molecule has 158 valence electrons. The smallest absolute Gasteiger partial charge is 0.285 e. The van der Waals surface area contributed by atoms with Crippen LogP contribution < -0.4 is 0 Å². The van der Waals surface area contributed by atoms with Crippen molar-refractivity contribution >= 4 is 26.7 Å². The summed E-state index contributed by atoms with van der Waals surface area (Å²) < 4.78 is 29.8. The van der Waals surface area contributed by atoms with Gasteiger partial charge in [0.15, 0.2) is 0 Å². The van der Waals surface area contributed by atoms with Crippen molar-refractivity contribution in [3.8, 4) is 0 Å². The molecule has 1 amide bonds. The molecule has 29 heavy (non-hydrogen) atoms. The van der Waals surface area contributed by atoms with Gasteiger partial charge in [-0.3, -0.25) is 4.79 Å². The number of carbonyl (C=O) groups excluding carboxylic acids is 1. The molecule has 1 saturated heterocycles. The molecule has 3 rings (SSSR count). The van der Waals surface area contributed by atoms with E-state index in [1.165, 1.54) is 5.56 Å². The number of nitrogens with zero attached hydrogens (tertiary/aromatic N) is 3. The zero-order valence-corrected chi connectivity index (χ0v) is 18.5. The first-order valence-electron chi connectivity index (χ1n) is 10.6. The van der Waals surface area contributed by atoms with E-state index in [-0.39, 0.29) is 5.91 Å². The number of sulfonamides is 1. The van der Waals surface area contributed by atoms with Crippen LogP contribution in [0.15, 0.2) is 34.2 Å².